The summed E-state index contributed by atoms with van der Waals surface area (Å²) in [5, 5.41) is 7.75. The van der Waals surface area contributed by atoms with E-state index in [9.17, 15) is 4.79 Å². The Kier molecular flexibility index (Phi) is 5.05. The number of benzene rings is 2. The first kappa shape index (κ1) is 18.5. The lowest BCUT2D eigenvalue weighted by Crippen LogP contribution is -2.34. The van der Waals surface area contributed by atoms with E-state index >= 15 is 0 Å². The van der Waals surface area contributed by atoms with Crippen molar-refractivity contribution in [3.63, 3.8) is 0 Å². The predicted molar refractivity (Wildman–Crippen MR) is 108 cm³/mol. The number of nitrogens with one attached hydrogen (secondary N) is 1. The van der Waals surface area contributed by atoms with Crippen LogP contribution in [0.1, 0.15) is 35.9 Å². The number of carbonyl (C=O) groups excluding carboxylic acids is 1. The molecule has 1 aliphatic rings. The largest absolute Gasteiger partial charge is 0.337 e. The Bertz CT molecular complexity index is 1000. The summed E-state index contributed by atoms with van der Waals surface area (Å²) in [4.78, 5) is 19.2. The quantitative estimate of drug-likeness (QED) is 0.645. The Morgan fingerprint density at radius 1 is 1.21 bits per heavy atom. The average Bonchev–Trinajstić information content (AvgIpc) is 3.35. The van der Waals surface area contributed by atoms with E-state index in [0.29, 0.717) is 23.3 Å². The van der Waals surface area contributed by atoms with Gasteiger partial charge in [-0.2, -0.15) is 4.98 Å². The number of rotatable bonds is 3. The number of anilines is 1. The zero-order chi connectivity index (χ0) is 19.7. The molecule has 1 unspecified atom stereocenters. The van der Waals surface area contributed by atoms with Gasteiger partial charge < -0.3 is 14.7 Å². The molecule has 2 aromatic carbocycles. The van der Waals surface area contributed by atoms with E-state index < -0.39 is 0 Å². The molecule has 2 amide bonds. The van der Waals surface area contributed by atoms with Crippen LogP contribution in [0, 0.1) is 13.8 Å². The Morgan fingerprint density at radius 2 is 2.00 bits per heavy atom. The second kappa shape index (κ2) is 7.64. The van der Waals surface area contributed by atoms with Crippen molar-refractivity contribution in [1.29, 1.82) is 0 Å². The molecule has 2 heterocycles. The van der Waals surface area contributed by atoms with Gasteiger partial charge >= 0.3 is 6.03 Å². The minimum atomic E-state index is -0.223. The highest BCUT2D eigenvalue weighted by molar-refractivity contribution is 6.30. The molecule has 7 heteroatoms. The standard InChI is InChI=1S/C21H21ClN4O2/c1-13-5-3-6-17(14(13)2)23-21(27)26-12-4-7-18(26)20-24-19(25-28-20)15-8-10-16(22)11-9-15/h3,5-6,8-11,18H,4,7,12H2,1-2H3,(H,23,27). The van der Waals surface area contributed by atoms with E-state index in [2.05, 4.69) is 15.5 Å². The Balaban J connectivity index is 1.53. The number of aryl methyl sites for hydroxylation is 1. The fourth-order valence-corrected chi connectivity index (χ4v) is 3.55. The van der Waals surface area contributed by atoms with Gasteiger partial charge in [-0.25, -0.2) is 4.79 Å². The molecule has 1 aromatic heterocycles. The Labute approximate surface area is 168 Å². The van der Waals surface area contributed by atoms with Gasteiger partial charge in [-0.1, -0.05) is 28.9 Å². The first-order chi connectivity index (χ1) is 13.5. The molecule has 0 radical (unpaired) electrons. The third kappa shape index (κ3) is 3.60. The fraction of sp³-hybridized carbons (Fsp3) is 0.286. The number of hydrogen-bond donors (Lipinski definition) is 1. The van der Waals surface area contributed by atoms with E-state index in [1.165, 1.54) is 0 Å². The summed E-state index contributed by atoms with van der Waals surface area (Å²) in [6.07, 6.45) is 1.69. The van der Waals surface area contributed by atoms with Crippen molar-refractivity contribution in [3.8, 4) is 11.4 Å². The summed E-state index contributed by atoms with van der Waals surface area (Å²) in [7, 11) is 0. The molecular formula is C21H21ClN4O2. The highest BCUT2D eigenvalue weighted by Gasteiger charge is 2.34. The zero-order valence-corrected chi connectivity index (χ0v) is 16.5. The number of urea groups is 1. The van der Waals surface area contributed by atoms with E-state index in [1.807, 2.05) is 44.2 Å². The van der Waals surface area contributed by atoms with Crippen LogP contribution in [0.15, 0.2) is 47.0 Å². The molecule has 6 nitrogen and oxygen atoms in total. The molecule has 0 saturated carbocycles. The third-order valence-electron chi connectivity index (χ3n) is 5.19. The first-order valence-corrected chi connectivity index (χ1v) is 9.64. The second-order valence-corrected chi connectivity index (χ2v) is 7.43. The molecule has 1 fully saturated rings. The summed E-state index contributed by atoms with van der Waals surface area (Å²) in [5.41, 5.74) is 3.85. The van der Waals surface area contributed by atoms with Gasteiger partial charge in [0, 0.05) is 22.8 Å². The average molecular weight is 397 g/mol. The maximum atomic E-state index is 12.9. The van der Waals surface area contributed by atoms with Crippen molar-refractivity contribution in [2.75, 3.05) is 11.9 Å². The topological polar surface area (TPSA) is 71.3 Å². The minimum absolute atomic E-state index is 0.151. The van der Waals surface area contributed by atoms with Gasteiger partial charge in [0.1, 0.15) is 6.04 Å². The van der Waals surface area contributed by atoms with E-state index in [-0.39, 0.29) is 12.1 Å². The fourth-order valence-electron chi connectivity index (χ4n) is 3.43. The second-order valence-electron chi connectivity index (χ2n) is 6.99. The molecule has 4 rings (SSSR count). The van der Waals surface area contributed by atoms with Crippen LogP contribution in [-0.2, 0) is 0 Å². The molecule has 1 N–H and O–H groups in total. The van der Waals surface area contributed by atoms with Gasteiger partial charge in [0.15, 0.2) is 0 Å². The lowest BCUT2D eigenvalue weighted by atomic mass is 10.1. The molecule has 28 heavy (non-hydrogen) atoms. The maximum Gasteiger partial charge on any atom is 0.322 e. The highest BCUT2D eigenvalue weighted by Crippen LogP contribution is 2.33. The Morgan fingerprint density at radius 3 is 2.79 bits per heavy atom. The summed E-state index contributed by atoms with van der Waals surface area (Å²) < 4.78 is 5.49. The first-order valence-electron chi connectivity index (χ1n) is 9.26. The molecule has 1 saturated heterocycles. The van der Waals surface area contributed by atoms with Crippen LogP contribution in [0.3, 0.4) is 0 Å². The maximum absolute atomic E-state index is 12.9. The molecule has 144 valence electrons. The summed E-state index contributed by atoms with van der Waals surface area (Å²) in [6.45, 7) is 4.68. The molecule has 0 aliphatic carbocycles. The number of aromatic nitrogens is 2. The molecule has 1 atom stereocenters. The van der Waals surface area contributed by atoms with Crippen LogP contribution in [0.5, 0.6) is 0 Å². The predicted octanol–water partition coefficient (Wildman–Crippen LogP) is 5.38. The number of nitrogens with zero attached hydrogens (tertiary/aromatic N) is 3. The molecular weight excluding hydrogens is 376 g/mol. The van der Waals surface area contributed by atoms with Gasteiger partial charge in [-0.3, -0.25) is 0 Å². The van der Waals surface area contributed by atoms with Crippen molar-refractivity contribution in [2.24, 2.45) is 0 Å². The van der Waals surface area contributed by atoms with Gasteiger partial charge in [-0.05, 0) is 68.1 Å². The van der Waals surface area contributed by atoms with Crippen molar-refractivity contribution < 1.29 is 9.32 Å². The van der Waals surface area contributed by atoms with E-state index in [1.54, 1.807) is 17.0 Å². The van der Waals surface area contributed by atoms with Gasteiger partial charge in [0.2, 0.25) is 11.7 Å². The van der Waals surface area contributed by atoms with Crippen LogP contribution < -0.4 is 5.32 Å². The number of likely N-dealkylation sites (tertiary alicyclic amines) is 1. The molecule has 1 aliphatic heterocycles. The van der Waals surface area contributed by atoms with Gasteiger partial charge in [-0.15, -0.1) is 0 Å². The minimum Gasteiger partial charge on any atom is -0.337 e. The van der Waals surface area contributed by atoms with Crippen molar-refractivity contribution in [1.82, 2.24) is 15.0 Å². The summed E-state index contributed by atoms with van der Waals surface area (Å²) in [5.74, 6) is 0.951. The monoisotopic (exact) mass is 396 g/mol. The summed E-state index contributed by atoms with van der Waals surface area (Å²) >= 11 is 5.93. The molecule has 0 spiro atoms. The Hall–Kier alpha value is -2.86. The van der Waals surface area contributed by atoms with Crippen LogP contribution in [0.25, 0.3) is 11.4 Å². The summed E-state index contributed by atoms with van der Waals surface area (Å²) in [6, 6.07) is 12.8. The number of halogens is 1. The third-order valence-corrected chi connectivity index (χ3v) is 5.44. The van der Waals surface area contributed by atoms with Gasteiger partial charge in [0.05, 0.1) is 0 Å². The molecule has 0 bridgehead atoms. The van der Waals surface area contributed by atoms with E-state index in [0.717, 1.165) is 35.2 Å². The van der Waals surface area contributed by atoms with Crippen LogP contribution in [-0.4, -0.2) is 27.6 Å². The SMILES string of the molecule is Cc1cccc(NC(=O)N2CCCC2c2nc(-c3ccc(Cl)cc3)no2)c1C. The lowest BCUT2D eigenvalue weighted by molar-refractivity contribution is 0.193. The van der Waals surface area contributed by atoms with Gasteiger partial charge in [0.25, 0.3) is 0 Å². The van der Waals surface area contributed by atoms with Crippen molar-refractivity contribution in [2.45, 2.75) is 32.7 Å². The van der Waals surface area contributed by atoms with Crippen LogP contribution in [0.2, 0.25) is 5.02 Å². The zero-order valence-electron chi connectivity index (χ0n) is 15.8. The van der Waals surface area contributed by atoms with Crippen molar-refractivity contribution in [3.05, 3.63) is 64.5 Å². The molecule has 3 aromatic rings. The van der Waals surface area contributed by atoms with Crippen LogP contribution >= 0.6 is 11.6 Å². The highest BCUT2D eigenvalue weighted by atomic mass is 35.5. The smallest absolute Gasteiger partial charge is 0.322 e. The van der Waals surface area contributed by atoms with Crippen molar-refractivity contribution >= 4 is 23.3 Å². The normalized spacial score (nSPS) is 16.4. The lowest BCUT2D eigenvalue weighted by Gasteiger charge is -2.23. The number of carbonyl (C=O) groups is 1. The number of hydrogen-bond acceptors (Lipinski definition) is 4. The van der Waals surface area contributed by atoms with Crippen LogP contribution in [0.4, 0.5) is 10.5 Å². The van der Waals surface area contributed by atoms with E-state index in [4.69, 9.17) is 16.1 Å². The number of amides is 2.